The fraction of sp³-hybridized carbons (Fsp3) is 0.444. The molecule has 70 valence electrons. The molecule has 0 aliphatic carbocycles. The molecular formula is C9H12FN3. The van der Waals surface area contributed by atoms with Crippen LogP contribution in [0.5, 0.6) is 0 Å². The molecule has 0 radical (unpaired) electrons. The van der Waals surface area contributed by atoms with Crippen LogP contribution in [-0.4, -0.2) is 31.2 Å². The van der Waals surface area contributed by atoms with E-state index >= 15 is 0 Å². The summed E-state index contributed by atoms with van der Waals surface area (Å²) >= 11 is 0. The first-order valence-corrected chi connectivity index (χ1v) is 4.42. The smallest absolute Gasteiger partial charge is 0.143 e. The summed E-state index contributed by atoms with van der Waals surface area (Å²) in [4.78, 5) is 5.95. The second-order valence-electron chi connectivity index (χ2n) is 3.10. The largest absolute Gasteiger partial charge is 0.368 e. The van der Waals surface area contributed by atoms with Gasteiger partial charge in [0.15, 0.2) is 0 Å². The highest BCUT2D eigenvalue weighted by Crippen LogP contribution is 2.13. The molecule has 1 aromatic rings. The molecule has 0 saturated carbocycles. The van der Waals surface area contributed by atoms with Crippen molar-refractivity contribution in [3.05, 3.63) is 24.3 Å². The van der Waals surface area contributed by atoms with Gasteiger partial charge in [-0.3, -0.25) is 4.98 Å². The first kappa shape index (κ1) is 8.44. The molecule has 1 N–H and O–H groups in total. The van der Waals surface area contributed by atoms with E-state index in [1.807, 2.05) is 0 Å². The zero-order valence-corrected chi connectivity index (χ0v) is 7.33. The van der Waals surface area contributed by atoms with Crippen molar-refractivity contribution in [1.29, 1.82) is 0 Å². The summed E-state index contributed by atoms with van der Waals surface area (Å²) in [5, 5.41) is 3.24. The van der Waals surface area contributed by atoms with E-state index < -0.39 is 0 Å². The molecule has 13 heavy (non-hydrogen) atoms. The van der Waals surface area contributed by atoms with Crippen LogP contribution < -0.4 is 10.2 Å². The standard InChI is InChI=1S/C9H12FN3/c10-8-5-9(7-12-6-8)13-3-1-11-2-4-13/h5-7,11H,1-4H2. The molecule has 1 aliphatic heterocycles. The lowest BCUT2D eigenvalue weighted by Crippen LogP contribution is -2.43. The van der Waals surface area contributed by atoms with E-state index in [0.717, 1.165) is 31.9 Å². The van der Waals surface area contributed by atoms with Crippen molar-refractivity contribution in [2.75, 3.05) is 31.1 Å². The number of rotatable bonds is 1. The number of nitrogens with zero attached hydrogens (tertiary/aromatic N) is 2. The molecule has 3 nitrogen and oxygen atoms in total. The Hall–Kier alpha value is -1.16. The minimum atomic E-state index is -0.268. The minimum absolute atomic E-state index is 0.268. The Bertz CT molecular complexity index is 284. The summed E-state index contributed by atoms with van der Waals surface area (Å²) in [6.07, 6.45) is 2.93. The average Bonchev–Trinajstić information content (AvgIpc) is 2.19. The number of pyridine rings is 1. The van der Waals surface area contributed by atoms with Gasteiger partial charge in [-0.15, -0.1) is 0 Å². The number of piperazine rings is 1. The topological polar surface area (TPSA) is 28.2 Å². The van der Waals surface area contributed by atoms with Crippen LogP contribution in [0.2, 0.25) is 0 Å². The predicted molar refractivity (Wildman–Crippen MR) is 49.3 cm³/mol. The van der Waals surface area contributed by atoms with Gasteiger partial charge in [0.1, 0.15) is 5.82 Å². The molecule has 1 aromatic heterocycles. The van der Waals surface area contributed by atoms with Gasteiger partial charge in [-0.2, -0.15) is 0 Å². The van der Waals surface area contributed by atoms with E-state index in [0.29, 0.717) is 0 Å². The van der Waals surface area contributed by atoms with E-state index in [1.165, 1.54) is 12.3 Å². The van der Waals surface area contributed by atoms with Crippen LogP contribution in [0.4, 0.5) is 10.1 Å². The lowest BCUT2D eigenvalue weighted by atomic mass is 10.3. The van der Waals surface area contributed by atoms with Gasteiger partial charge in [-0.1, -0.05) is 0 Å². The summed E-state index contributed by atoms with van der Waals surface area (Å²) in [5.41, 5.74) is 0.876. The third-order valence-corrected chi connectivity index (χ3v) is 2.17. The van der Waals surface area contributed by atoms with Crippen molar-refractivity contribution in [1.82, 2.24) is 10.3 Å². The van der Waals surface area contributed by atoms with Gasteiger partial charge in [0.25, 0.3) is 0 Å². The molecule has 4 heteroatoms. The second-order valence-corrected chi connectivity index (χ2v) is 3.10. The average molecular weight is 181 g/mol. The van der Waals surface area contributed by atoms with Crippen molar-refractivity contribution in [2.45, 2.75) is 0 Å². The molecular weight excluding hydrogens is 169 g/mol. The fourth-order valence-corrected chi connectivity index (χ4v) is 1.50. The first-order chi connectivity index (χ1) is 6.36. The van der Waals surface area contributed by atoms with E-state index in [2.05, 4.69) is 15.2 Å². The third-order valence-electron chi connectivity index (χ3n) is 2.17. The number of hydrogen-bond acceptors (Lipinski definition) is 3. The highest BCUT2D eigenvalue weighted by Gasteiger charge is 2.10. The summed E-state index contributed by atoms with van der Waals surface area (Å²) in [7, 11) is 0. The van der Waals surface area contributed by atoms with Gasteiger partial charge in [0.2, 0.25) is 0 Å². The SMILES string of the molecule is Fc1cncc(N2CCNCC2)c1. The summed E-state index contributed by atoms with van der Waals surface area (Å²) < 4.78 is 12.8. The van der Waals surface area contributed by atoms with Crippen LogP contribution in [0.3, 0.4) is 0 Å². The zero-order chi connectivity index (χ0) is 9.10. The van der Waals surface area contributed by atoms with Crippen molar-refractivity contribution >= 4 is 5.69 Å². The van der Waals surface area contributed by atoms with Gasteiger partial charge in [-0.25, -0.2) is 4.39 Å². The number of anilines is 1. The minimum Gasteiger partial charge on any atom is -0.368 e. The van der Waals surface area contributed by atoms with E-state index in [4.69, 9.17) is 0 Å². The van der Waals surface area contributed by atoms with Gasteiger partial charge in [0.05, 0.1) is 18.1 Å². The van der Waals surface area contributed by atoms with Gasteiger partial charge in [0, 0.05) is 32.2 Å². The first-order valence-electron chi connectivity index (χ1n) is 4.42. The molecule has 0 unspecified atom stereocenters. The molecule has 1 saturated heterocycles. The normalized spacial score (nSPS) is 17.5. The van der Waals surface area contributed by atoms with E-state index in [9.17, 15) is 4.39 Å². The molecule has 0 atom stereocenters. The van der Waals surface area contributed by atoms with E-state index in [-0.39, 0.29) is 5.82 Å². The highest BCUT2D eigenvalue weighted by molar-refractivity contribution is 5.44. The lowest BCUT2D eigenvalue weighted by Gasteiger charge is -2.28. The van der Waals surface area contributed by atoms with Crippen LogP contribution >= 0.6 is 0 Å². The number of halogens is 1. The Kier molecular flexibility index (Phi) is 2.40. The lowest BCUT2D eigenvalue weighted by molar-refractivity contribution is 0.582. The maximum atomic E-state index is 12.8. The quantitative estimate of drug-likeness (QED) is 0.688. The van der Waals surface area contributed by atoms with E-state index in [1.54, 1.807) is 6.20 Å². The third kappa shape index (κ3) is 1.95. The van der Waals surface area contributed by atoms with Crippen LogP contribution in [-0.2, 0) is 0 Å². The zero-order valence-electron chi connectivity index (χ0n) is 7.33. The molecule has 2 rings (SSSR count). The monoisotopic (exact) mass is 181 g/mol. The number of aromatic nitrogens is 1. The summed E-state index contributed by atoms with van der Waals surface area (Å²) in [5.74, 6) is -0.268. The number of nitrogens with one attached hydrogen (secondary N) is 1. The highest BCUT2D eigenvalue weighted by atomic mass is 19.1. The molecule has 0 amide bonds. The van der Waals surface area contributed by atoms with Crippen molar-refractivity contribution in [3.8, 4) is 0 Å². The Labute approximate surface area is 76.6 Å². The molecule has 1 fully saturated rings. The Morgan fingerprint density at radius 1 is 1.31 bits per heavy atom. The molecule has 0 aromatic carbocycles. The fourth-order valence-electron chi connectivity index (χ4n) is 1.50. The van der Waals surface area contributed by atoms with Crippen LogP contribution in [0.1, 0.15) is 0 Å². The number of hydrogen-bond donors (Lipinski definition) is 1. The predicted octanol–water partition coefficient (Wildman–Crippen LogP) is 0.630. The van der Waals surface area contributed by atoms with Crippen LogP contribution in [0.15, 0.2) is 18.5 Å². The van der Waals surface area contributed by atoms with Crippen molar-refractivity contribution in [3.63, 3.8) is 0 Å². The van der Waals surface area contributed by atoms with Crippen molar-refractivity contribution < 1.29 is 4.39 Å². The molecule has 0 spiro atoms. The van der Waals surface area contributed by atoms with Crippen molar-refractivity contribution in [2.24, 2.45) is 0 Å². The second kappa shape index (κ2) is 3.70. The van der Waals surface area contributed by atoms with Crippen LogP contribution in [0.25, 0.3) is 0 Å². The van der Waals surface area contributed by atoms with Gasteiger partial charge >= 0.3 is 0 Å². The molecule has 0 bridgehead atoms. The molecule has 1 aliphatic rings. The van der Waals surface area contributed by atoms with Crippen LogP contribution in [0, 0.1) is 5.82 Å². The summed E-state index contributed by atoms with van der Waals surface area (Å²) in [6, 6.07) is 1.53. The Morgan fingerprint density at radius 3 is 2.77 bits per heavy atom. The summed E-state index contributed by atoms with van der Waals surface area (Å²) in [6.45, 7) is 3.75. The molecule has 2 heterocycles. The van der Waals surface area contributed by atoms with Gasteiger partial charge < -0.3 is 10.2 Å². The maximum absolute atomic E-state index is 12.8. The van der Waals surface area contributed by atoms with Gasteiger partial charge in [-0.05, 0) is 0 Å². The Morgan fingerprint density at radius 2 is 2.08 bits per heavy atom. The maximum Gasteiger partial charge on any atom is 0.143 e. The Balaban J connectivity index is 2.14.